The molecule has 11 heavy (non-hydrogen) atoms. The molecule has 1 heterocycles. The van der Waals surface area contributed by atoms with Gasteiger partial charge >= 0.3 is 0 Å². The lowest BCUT2D eigenvalue weighted by atomic mass is 10.3. The van der Waals surface area contributed by atoms with Crippen molar-refractivity contribution in [2.24, 2.45) is 0 Å². The zero-order chi connectivity index (χ0) is 8.27. The summed E-state index contributed by atoms with van der Waals surface area (Å²) in [6.07, 6.45) is 7.65. The third kappa shape index (κ3) is 1.35. The van der Waals surface area contributed by atoms with Gasteiger partial charge < -0.3 is 10.3 Å². The van der Waals surface area contributed by atoms with Gasteiger partial charge in [0.1, 0.15) is 5.82 Å². The summed E-state index contributed by atoms with van der Waals surface area (Å²) >= 11 is 0. The van der Waals surface area contributed by atoms with Gasteiger partial charge in [-0.2, -0.15) is 0 Å². The number of imidazole rings is 1. The van der Waals surface area contributed by atoms with Gasteiger partial charge in [0.25, 0.3) is 0 Å². The van der Waals surface area contributed by atoms with Crippen LogP contribution in [0.25, 0.3) is 0 Å². The minimum Gasteiger partial charge on any atom is -0.384 e. The number of aryl methyl sites for hydroxylation is 1. The summed E-state index contributed by atoms with van der Waals surface area (Å²) in [5, 5.41) is 0. The normalized spacial score (nSPS) is 9.45. The third-order valence-corrected chi connectivity index (χ3v) is 1.55. The number of hydrogen-bond donors (Lipinski definition) is 1. The minimum atomic E-state index is 0.499. The number of aromatic nitrogens is 2. The summed E-state index contributed by atoms with van der Waals surface area (Å²) in [5.74, 6) is 3.19. The molecular formula is C8H11N3. The molecule has 1 rings (SSSR count). The highest BCUT2D eigenvalue weighted by Crippen LogP contribution is 2.09. The Labute approximate surface area is 66.2 Å². The number of hydrogen-bond acceptors (Lipinski definition) is 2. The van der Waals surface area contributed by atoms with Gasteiger partial charge in [0.05, 0.1) is 18.6 Å². The fourth-order valence-electron chi connectivity index (χ4n) is 0.930. The Morgan fingerprint density at radius 1 is 1.82 bits per heavy atom. The highest BCUT2D eigenvalue weighted by Gasteiger charge is 2.02. The summed E-state index contributed by atoms with van der Waals surface area (Å²) in [6.45, 7) is 2.51. The summed E-state index contributed by atoms with van der Waals surface area (Å²) in [6, 6.07) is 0. The minimum absolute atomic E-state index is 0.499. The van der Waals surface area contributed by atoms with E-state index in [2.05, 4.69) is 10.9 Å². The molecule has 3 nitrogen and oxygen atoms in total. The predicted molar refractivity (Wildman–Crippen MR) is 44.9 cm³/mol. The molecule has 0 aliphatic rings. The maximum Gasteiger partial charge on any atom is 0.127 e. The Balaban J connectivity index is 2.93. The molecule has 3 heteroatoms. The number of rotatable bonds is 2. The first-order chi connectivity index (χ1) is 5.29. The van der Waals surface area contributed by atoms with Gasteiger partial charge in [0.2, 0.25) is 0 Å². The molecule has 0 fully saturated rings. The smallest absolute Gasteiger partial charge is 0.127 e. The van der Waals surface area contributed by atoms with E-state index in [0.717, 1.165) is 12.1 Å². The second-order valence-electron chi connectivity index (χ2n) is 2.26. The number of nitrogen functional groups attached to an aromatic ring is 1. The molecule has 0 radical (unpaired) electrons. The highest BCUT2D eigenvalue weighted by molar-refractivity contribution is 5.36. The molecule has 0 saturated heterocycles. The van der Waals surface area contributed by atoms with Gasteiger partial charge in [-0.3, -0.25) is 0 Å². The Morgan fingerprint density at radius 3 is 3.00 bits per heavy atom. The molecule has 0 atom stereocenters. The van der Waals surface area contributed by atoms with Crippen LogP contribution >= 0.6 is 0 Å². The van der Waals surface area contributed by atoms with Crippen LogP contribution in [0.3, 0.4) is 0 Å². The molecule has 0 saturated carbocycles. The van der Waals surface area contributed by atoms with Crippen LogP contribution in [0.2, 0.25) is 0 Å². The van der Waals surface area contributed by atoms with Crippen LogP contribution in [0.5, 0.6) is 0 Å². The number of nitrogens with two attached hydrogens (primary N) is 1. The average Bonchev–Trinajstić information content (AvgIpc) is 2.34. The van der Waals surface area contributed by atoms with E-state index >= 15 is 0 Å². The fourth-order valence-corrected chi connectivity index (χ4v) is 0.930. The maximum atomic E-state index is 5.70. The summed E-state index contributed by atoms with van der Waals surface area (Å²) in [5.41, 5.74) is 6.62. The lowest BCUT2D eigenvalue weighted by molar-refractivity contribution is 0.851. The Kier molecular flexibility index (Phi) is 2.17. The van der Waals surface area contributed by atoms with Crippen molar-refractivity contribution in [3.05, 3.63) is 12.0 Å². The molecule has 0 aliphatic heterocycles. The van der Waals surface area contributed by atoms with E-state index in [4.69, 9.17) is 12.2 Å². The molecule has 0 aliphatic carbocycles. The van der Waals surface area contributed by atoms with Gasteiger partial charge in [0, 0.05) is 0 Å². The maximum absolute atomic E-state index is 5.70. The van der Waals surface area contributed by atoms with Gasteiger partial charge in [-0.05, 0) is 6.42 Å². The molecule has 1 aromatic heterocycles. The molecule has 0 amide bonds. The molecule has 0 unspecified atom stereocenters. The Morgan fingerprint density at radius 2 is 2.55 bits per heavy atom. The second kappa shape index (κ2) is 3.11. The second-order valence-corrected chi connectivity index (χ2v) is 2.26. The van der Waals surface area contributed by atoms with E-state index in [-0.39, 0.29) is 0 Å². The largest absolute Gasteiger partial charge is 0.384 e. The van der Waals surface area contributed by atoms with Crippen molar-refractivity contribution in [2.45, 2.75) is 19.9 Å². The first-order valence-electron chi connectivity index (χ1n) is 3.52. The Bertz CT molecular complexity index is 280. The van der Waals surface area contributed by atoms with Crippen LogP contribution in [0, 0.1) is 12.3 Å². The summed E-state index contributed by atoms with van der Waals surface area (Å²) < 4.78 is 1.76. The topological polar surface area (TPSA) is 43.8 Å². The molecule has 2 N–H and O–H groups in total. The van der Waals surface area contributed by atoms with E-state index < -0.39 is 0 Å². The van der Waals surface area contributed by atoms with Crippen molar-refractivity contribution >= 4 is 5.82 Å². The summed E-state index contributed by atoms with van der Waals surface area (Å²) in [7, 11) is 0. The van der Waals surface area contributed by atoms with E-state index in [9.17, 15) is 0 Å². The third-order valence-electron chi connectivity index (χ3n) is 1.55. The van der Waals surface area contributed by atoms with Crippen LogP contribution in [0.15, 0.2) is 6.33 Å². The first kappa shape index (κ1) is 7.67. The molecule has 0 aromatic carbocycles. The molecule has 0 spiro atoms. The van der Waals surface area contributed by atoms with Gasteiger partial charge in [-0.1, -0.05) is 12.8 Å². The summed E-state index contributed by atoms with van der Waals surface area (Å²) in [4.78, 5) is 4.10. The number of terminal acetylenes is 1. The van der Waals surface area contributed by atoms with Crippen LogP contribution in [0.1, 0.15) is 12.6 Å². The average molecular weight is 149 g/mol. The van der Waals surface area contributed by atoms with E-state index in [1.165, 1.54) is 0 Å². The standard InChI is InChI=1S/C8H11N3/c1-3-5-11-6-10-7(4-2)8(11)9/h1,6H,4-5,9H2,2H3. The van der Waals surface area contributed by atoms with Crippen LogP contribution in [-0.4, -0.2) is 9.55 Å². The van der Waals surface area contributed by atoms with Gasteiger partial charge in [0.15, 0.2) is 0 Å². The number of anilines is 1. The van der Waals surface area contributed by atoms with Crippen LogP contribution in [0.4, 0.5) is 5.82 Å². The molecule has 0 bridgehead atoms. The van der Waals surface area contributed by atoms with Crippen molar-refractivity contribution in [1.29, 1.82) is 0 Å². The monoisotopic (exact) mass is 149 g/mol. The fraction of sp³-hybridized carbons (Fsp3) is 0.375. The van der Waals surface area contributed by atoms with Crippen LogP contribution < -0.4 is 5.73 Å². The van der Waals surface area contributed by atoms with Crippen molar-refractivity contribution in [2.75, 3.05) is 5.73 Å². The van der Waals surface area contributed by atoms with E-state index in [1.807, 2.05) is 6.92 Å². The van der Waals surface area contributed by atoms with Crippen LogP contribution in [-0.2, 0) is 13.0 Å². The lowest BCUT2D eigenvalue weighted by Crippen LogP contribution is -2.01. The lowest BCUT2D eigenvalue weighted by Gasteiger charge is -1.98. The highest BCUT2D eigenvalue weighted by atomic mass is 15.1. The van der Waals surface area contributed by atoms with Crippen molar-refractivity contribution in [3.8, 4) is 12.3 Å². The zero-order valence-electron chi connectivity index (χ0n) is 6.54. The number of nitrogens with zero attached hydrogens (tertiary/aromatic N) is 2. The molecular weight excluding hydrogens is 138 g/mol. The molecule has 58 valence electrons. The quantitative estimate of drug-likeness (QED) is 0.628. The molecule has 1 aromatic rings. The SMILES string of the molecule is C#CCn1cnc(CC)c1N. The van der Waals surface area contributed by atoms with Crippen molar-refractivity contribution in [1.82, 2.24) is 9.55 Å². The van der Waals surface area contributed by atoms with Crippen molar-refractivity contribution in [3.63, 3.8) is 0 Å². The predicted octanol–water partition coefficient (Wildman–Crippen LogP) is 0.661. The first-order valence-corrected chi connectivity index (χ1v) is 3.52. The van der Waals surface area contributed by atoms with Crippen molar-refractivity contribution < 1.29 is 0 Å². The van der Waals surface area contributed by atoms with E-state index in [0.29, 0.717) is 12.4 Å². The Hall–Kier alpha value is -1.43. The zero-order valence-corrected chi connectivity index (χ0v) is 6.54. The van der Waals surface area contributed by atoms with Gasteiger partial charge in [-0.25, -0.2) is 4.98 Å². The van der Waals surface area contributed by atoms with Gasteiger partial charge in [-0.15, -0.1) is 6.42 Å². The van der Waals surface area contributed by atoms with E-state index in [1.54, 1.807) is 10.9 Å².